The number of allylic oxidation sites excluding steroid dienone is 4. The van der Waals surface area contributed by atoms with Crippen molar-refractivity contribution in [3.63, 3.8) is 0 Å². The summed E-state index contributed by atoms with van der Waals surface area (Å²) in [7, 11) is 0. The Kier molecular flexibility index (Phi) is 8.85. The van der Waals surface area contributed by atoms with Gasteiger partial charge in [-0.2, -0.15) is 0 Å². The highest BCUT2D eigenvalue weighted by atomic mass is 16.3. The fourth-order valence-electron chi connectivity index (χ4n) is 9.60. The summed E-state index contributed by atoms with van der Waals surface area (Å²) in [5.41, 5.74) is 15.6. The molecule has 0 fully saturated rings. The predicted molar refractivity (Wildman–Crippen MR) is 263 cm³/mol. The highest BCUT2D eigenvalue weighted by Gasteiger charge is 2.21. The van der Waals surface area contributed by atoms with Gasteiger partial charge < -0.3 is 13.4 Å². The van der Waals surface area contributed by atoms with E-state index in [0.717, 1.165) is 90.2 Å². The van der Waals surface area contributed by atoms with E-state index in [1.54, 1.807) is 0 Å². The molecule has 1 aliphatic rings. The molecular weight excluding hydrogens is 771 g/mol. The van der Waals surface area contributed by atoms with Crippen molar-refractivity contribution in [3.05, 3.63) is 211 Å². The third-order valence-corrected chi connectivity index (χ3v) is 12.5. The molecule has 12 rings (SSSR count). The van der Waals surface area contributed by atoms with Gasteiger partial charge >= 0.3 is 0 Å². The molecule has 11 aromatic rings. The van der Waals surface area contributed by atoms with Gasteiger partial charge in [-0.1, -0.05) is 146 Å². The summed E-state index contributed by atoms with van der Waals surface area (Å²) >= 11 is 0. The maximum Gasteiger partial charge on any atom is 0.155 e. The van der Waals surface area contributed by atoms with Crippen molar-refractivity contribution in [3.8, 4) is 22.3 Å². The van der Waals surface area contributed by atoms with Crippen LogP contribution in [0.1, 0.15) is 36.5 Å². The van der Waals surface area contributed by atoms with Crippen LogP contribution in [-0.4, -0.2) is 16.1 Å². The van der Waals surface area contributed by atoms with Crippen molar-refractivity contribution < 1.29 is 8.83 Å². The summed E-state index contributed by atoms with van der Waals surface area (Å²) in [6, 6.07) is 61.8. The minimum atomic E-state index is 0.412. The number of fused-ring (bicyclic) bond motifs is 9. The first-order valence-corrected chi connectivity index (χ1v) is 21.7. The molecule has 0 bridgehead atoms. The number of aliphatic imine (C=N–C) groups is 2. The van der Waals surface area contributed by atoms with Gasteiger partial charge in [-0.05, 0) is 102 Å². The molecule has 0 saturated heterocycles. The van der Waals surface area contributed by atoms with Crippen LogP contribution in [0.25, 0.3) is 93.6 Å². The van der Waals surface area contributed by atoms with Gasteiger partial charge in [0, 0.05) is 49.3 Å². The summed E-state index contributed by atoms with van der Waals surface area (Å²) in [5, 5.41) is 6.72. The van der Waals surface area contributed by atoms with E-state index >= 15 is 0 Å². The molecule has 0 atom stereocenters. The average Bonchev–Trinajstić information content (AvgIpc) is 4.03. The van der Waals surface area contributed by atoms with Crippen molar-refractivity contribution >= 4 is 82.9 Å². The van der Waals surface area contributed by atoms with Gasteiger partial charge in [0.2, 0.25) is 0 Å². The molecule has 0 unspecified atom stereocenters. The van der Waals surface area contributed by atoms with Crippen LogP contribution in [0.3, 0.4) is 0 Å². The molecule has 0 N–H and O–H groups in total. The first-order chi connectivity index (χ1) is 31.2. The monoisotopic (exact) mass is 811 g/mol. The second-order valence-electron chi connectivity index (χ2n) is 16.3. The number of aromatic nitrogens is 1. The lowest BCUT2D eigenvalue weighted by Crippen LogP contribution is -2.05. The van der Waals surface area contributed by atoms with Gasteiger partial charge in [-0.25, -0.2) is 4.99 Å². The SMILES string of the molecule is C/C(=N\C(=N/Cc1ccc2c(c1)oc1cccc(-c3ccccc3)c12)c1cccc2oc3ccc(-c4cccc5c4c4ccccc4n5C4=CC=CCC4)cc3c12)c1ccccc1. The Morgan fingerprint density at radius 1 is 0.556 bits per heavy atom. The highest BCUT2D eigenvalue weighted by Crippen LogP contribution is 2.42. The van der Waals surface area contributed by atoms with Crippen molar-refractivity contribution in [1.82, 2.24) is 4.57 Å². The molecule has 0 saturated carbocycles. The van der Waals surface area contributed by atoms with Crippen molar-refractivity contribution in [1.29, 1.82) is 0 Å². The number of hydrogen-bond donors (Lipinski definition) is 0. The lowest BCUT2D eigenvalue weighted by atomic mass is 9.97. The van der Waals surface area contributed by atoms with Gasteiger partial charge in [-0.3, -0.25) is 4.99 Å². The number of nitrogens with zero attached hydrogens (tertiary/aromatic N) is 3. The maximum atomic E-state index is 6.61. The quantitative estimate of drug-likeness (QED) is 0.119. The van der Waals surface area contributed by atoms with Crippen LogP contribution in [0.15, 0.2) is 213 Å². The molecule has 3 heterocycles. The Hall–Kier alpha value is -8.02. The minimum absolute atomic E-state index is 0.412. The number of hydrogen-bond acceptors (Lipinski definition) is 3. The number of para-hydroxylation sites is 1. The molecular formula is C58H41N3O2. The zero-order valence-electron chi connectivity index (χ0n) is 34.8. The van der Waals surface area contributed by atoms with Crippen LogP contribution in [0.4, 0.5) is 0 Å². The van der Waals surface area contributed by atoms with Crippen LogP contribution in [-0.2, 0) is 6.54 Å². The van der Waals surface area contributed by atoms with Gasteiger partial charge in [0.05, 0.1) is 17.6 Å². The molecule has 0 amide bonds. The van der Waals surface area contributed by atoms with Gasteiger partial charge in [0.25, 0.3) is 0 Å². The van der Waals surface area contributed by atoms with E-state index in [1.165, 1.54) is 38.6 Å². The van der Waals surface area contributed by atoms with Crippen LogP contribution in [0.5, 0.6) is 0 Å². The summed E-state index contributed by atoms with van der Waals surface area (Å²) in [4.78, 5) is 10.6. The van der Waals surface area contributed by atoms with Crippen molar-refractivity contribution in [2.24, 2.45) is 9.98 Å². The first-order valence-electron chi connectivity index (χ1n) is 21.7. The highest BCUT2D eigenvalue weighted by molar-refractivity contribution is 6.22. The van der Waals surface area contributed by atoms with E-state index in [9.17, 15) is 0 Å². The molecule has 5 nitrogen and oxygen atoms in total. The number of furan rings is 2. The summed E-state index contributed by atoms with van der Waals surface area (Å²) < 4.78 is 15.6. The average molecular weight is 812 g/mol. The predicted octanol–water partition coefficient (Wildman–Crippen LogP) is 15.6. The van der Waals surface area contributed by atoms with Gasteiger partial charge in [0.1, 0.15) is 22.3 Å². The molecule has 0 radical (unpaired) electrons. The van der Waals surface area contributed by atoms with Gasteiger partial charge in [-0.15, -0.1) is 0 Å². The molecule has 8 aromatic carbocycles. The summed E-state index contributed by atoms with van der Waals surface area (Å²) in [6.45, 7) is 2.47. The van der Waals surface area contributed by atoms with Crippen LogP contribution in [0, 0.1) is 0 Å². The number of amidine groups is 1. The molecule has 3 aromatic heterocycles. The Bertz CT molecular complexity index is 3710. The fourth-order valence-corrected chi connectivity index (χ4v) is 9.60. The minimum Gasteiger partial charge on any atom is -0.456 e. The molecule has 0 spiro atoms. The zero-order valence-corrected chi connectivity index (χ0v) is 34.8. The molecule has 63 heavy (non-hydrogen) atoms. The standard InChI is InChI=1S/C58H41N3O2/c1-37(39-16-5-2-6-17-39)60-58(59-36-38-30-32-46-54(34-38)63-52-28-14-24-43(56(46)52)40-18-7-3-8-19-40)47-25-15-29-53-57(47)48-35-41(31-33-51(48)62-53)44-23-13-27-50-55(44)45-22-11-12-26-49(45)61(50)42-20-9-4-10-21-42/h2-9,11-20,22-35H,10,21,36H2,1H3/b59-58-,60-37+. The molecule has 1 aliphatic carbocycles. The molecule has 5 heteroatoms. The zero-order chi connectivity index (χ0) is 41.9. The van der Waals surface area contributed by atoms with Crippen molar-refractivity contribution in [2.75, 3.05) is 0 Å². The normalized spacial score (nSPS) is 13.6. The lowest BCUT2D eigenvalue weighted by Gasteiger charge is -2.14. The van der Waals surface area contributed by atoms with E-state index < -0.39 is 0 Å². The van der Waals surface area contributed by atoms with E-state index in [2.05, 4.69) is 163 Å². The number of benzene rings is 8. The topological polar surface area (TPSA) is 55.9 Å². The second-order valence-corrected chi connectivity index (χ2v) is 16.3. The van der Waals surface area contributed by atoms with Crippen LogP contribution < -0.4 is 0 Å². The van der Waals surface area contributed by atoms with Crippen LogP contribution in [0.2, 0.25) is 0 Å². The summed E-state index contributed by atoms with van der Waals surface area (Å²) in [6.07, 6.45) is 8.73. The Morgan fingerprint density at radius 3 is 2.13 bits per heavy atom. The smallest absolute Gasteiger partial charge is 0.155 e. The molecule has 0 aliphatic heterocycles. The van der Waals surface area contributed by atoms with E-state index in [4.69, 9.17) is 18.8 Å². The number of rotatable bonds is 7. The van der Waals surface area contributed by atoms with Gasteiger partial charge in [0.15, 0.2) is 5.84 Å². The van der Waals surface area contributed by atoms with E-state index in [1.807, 2.05) is 42.5 Å². The van der Waals surface area contributed by atoms with E-state index in [-0.39, 0.29) is 0 Å². The largest absolute Gasteiger partial charge is 0.456 e. The van der Waals surface area contributed by atoms with Crippen molar-refractivity contribution in [2.45, 2.75) is 26.3 Å². The second kappa shape index (κ2) is 15.2. The Morgan fingerprint density at radius 2 is 1.29 bits per heavy atom. The first kappa shape index (κ1) is 36.8. The van der Waals surface area contributed by atoms with Crippen LogP contribution >= 0.6 is 0 Å². The third kappa shape index (κ3) is 6.31. The van der Waals surface area contributed by atoms with E-state index in [0.29, 0.717) is 12.4 Å². The Labute approximate surface area is 364 Å². The fraction of sp³-hybridized carbons (Fsp3) is 0.0690. The molecule has 300 valence electrons. The summed E-state index contributed by atoms with van der Waals surface area (Å²) in [5.74, 6) is 0.645. The third-order valence-electron chi connectivity index (χ3n) is 12.5. The maximum absolute atomic E-state index is 6.61. The lowest BCUT2D eigenvalue weighted by molar-refractivity contribution is 0.668. The Balaban J connectivity index is 1.00.